The van der Waals surface area contributed by atoms with Gasteiger partial charge in [0.25, 0.3) is 0 Å². The highest BCUT2D eigenvalue weighted by molar-refractivity contribution is 6.17. The van der Waals surface area contributed by atoms with Gasteiger partial charge in [0.15, 0.2) is 0 Å². The SMILES string of the molecule is CC(N)C1CCNC1.CO[SiH2]OC. The highest BCUT2D eigenvalue weighted by atomic mass is 28.3. The lowest BCUT2D eigenvalue weighted by molar-refractivity contribution is 0.309. The normalized spacial score (nSPS) is 23.5. The maximum atomic E-state index is 5.66. The van der Waals surface area contributed by atoms with Gasteiger partial charge in [-0.25, -0.2) is 0 Å². The zero-order valence-corrected chi connectivity index (χ0v) is 10.3. The zero-order valence-electron chi connectivity index (χ0n) is 8.88. The summed E-state index contributed by atoms with van der Waals surface area (Å²) in [6, 6.07) is 0.380. The lowest BCUT2D eigenvalue weighted by atomic mass is 10.0. The standard InChI is InChI=1S/C6H14N2.C2H8O2Si/c1-5(7)6-2-3-8-4-6;1-3-5-4-2/h5-6,8H,2-4,7H2,1H3;5H2,1-2H3. The summed E-state index contributed by atoms with van der Waals surface area (Å²) < 4.78 is 9.22. The van der Waals surface area contributed by atoms with E-state index in [0.29, 0.717) is 6.04 Å². The van der Waals surface area contributed by atoms with Crippen molar-refractivity contribution in [3.63, 3.8) is 0 Å². The van der Waals surface area contributed by atoms with Gasteiger partial charge in [0.2, 0.25) is 0 Å². The maximum absolute atomic E-state index is 5.66. The number of rotatable bonds is 3. The monoisotopic (exact) mass is 206 g/mol. The fraction of sp³-hybridized carbons (Fsp3) is 1.00. The molecule has 2 atom stereocenters. The highest BCUT2D eigenvalue weighted by Gasteiger charge is 2.17. The molecule has 0 aromatic rings. The second kappa shape index (κ2) is 8.65. The van der Waals surface area contributed by atoms with E-state index < -0.39 is 10.0 Å². The van der Waals surface area contributed by atoms with Crippen LogP contribution in [0.5, 0.6) is 0 Å². The Balaban J connectivity index is 0.000000252. The van der Waals surface area contributed by atoms with Crippen LogP contribution < -0.4 is 11.1 Å². The Morgan fingerprint density at radius 3 is 2.23 bits per heavy atom. The van der Waals surface area contributed by atoms with Gasteiger partial charge in [-0.3, -0.25) is 0 Å². The van der Waals surface area contributed by atoms with Crippen molar-refractivity contribution in [2.45, 2.75) is 19.4 Å². The second-order valence-corrected chi connectivity index (χ2v) is 4.70. The van der Waals surface area contributed by atoms with E-state index in [9.17, 15) is 0 Å². The molecule has 4 nitrogen and oxygen atoms in total. The molecule has 0 bridgehead atoms. The Bertz CT molecular complexity index is 106. The molecule has 1 aliphatic rings. The molecule has 1 fully saturated rings. The van der Waals surface area contributed by atoms with Gasteiger partial charge in [-0.15, -0.1) is 0 Å². The minimum Gasteiger partial charge on any atom is -0.402 e. The molecule has 80 valence electrons. The first-order valence-electron chi connectivity index (χ1n) is 4.66. The third-order valence-electron chi connectivity index (χ3n) is 2.08. The van der Waals surface area contributed by atoms with Crippen LogP contribution in [0.4, 0.5) is 0 Å². The van der Waals surface area contributed by atoms with Gasteiger partial charge < -0.3 is 19.9 Å². The number of hydrogen-bond acceptors (Lipinski definition) is 4. The van der Waals surface area contributed by atoms with E-state index in [2.05, 4.69) is 21.1 Å². The van der Waals surface area contributed by atoms with Crippen LogP contribution >= 0.6 is 0 Å². The number of nitrogens with one attached hydrogen (secondary N) is 1. The van der Waals surface area contributed by atoms with Crippen LogP contribution in [0, 0.1) is 5.92 Å². The lowest BCUT2D eigenvalue weighted by Crippen LogP contribution is -2.27. The molecule has 0 radical (unpaired) electrons. The summed E-state index contributed by atoms with van der Waals surface area (Å²) in [6.45, 7) is 4.36. The minimum atomic E-state index is -0.568. The Kier molecular flexibility index (Phi) is 8.68. The van der Waals surface area contributed by atoms with Gasteiger partial charge in [0, 0.05) is 20.3 Å². The van der Waals surface area contributed by atoms with Gasteiger partial charge in [-0.2, -0.15) is 0 Å². The van der Waals surface area contributed by atoms with Crippen molar-refractivity contribution < 1.29 is 8.85 Å². The topological polar surface area (TPSA) is 56.5 Å². The van der Waals surface area contributed by atoms with E-state index in [1.807, 2.05) is 0 Å². The Labute approximate surface area is 83.2 Å². The van der Waals surface area contributed by atoms with E-state index in [-0.39, 0.29) is 0 Å². The van der Waals surface area contributed by atoms with Crippen LogP contribution in [-0.2, 0) is 8.85 Å². The predicted octanol–water partition coefficient (Wildman–Crippen LogP) is -0.779. The average molecular weight is 206 g/mol. The maximum Gasteiger partial charge on any atom is 0.303 e. The molecule has 0 spiro atoms. The fourth-order valence-corrected chi connectivity index (χ4v) is 1.48. The summed E-state index contributed by atoms with van der Waals surface area (Å²) in [6.07, 6.45) is 1.26. The molecule has 1 aliphatic heterocycles. The molecule has 1 heterocycles. The third kappa shape index (κ3) is 7.15. The van der Waals surface area contributed by atoms with Crippen molar-refractivity contribution in [3.8, 4) is 0 Å². The lowest BCUT2D eigenvalue weighted by Gasteiger charge is -2.10. The summed E-state index contributed by atoms with van der Waals surface area (Å²) in [4.78, 5) is 0. The molecule has 1 rings (SSSR count). The molecule has 0 amide bonds. The molecule has 13 heavy (non-hydrogen) atoms. The molecule has 0 aromatic carbocycles. The smallest absolute Gasteiger partial charge is 0.303 e. The summed E-state index contributed by atoms with van der Waals surface area (Å²) in [5.41, 5.74) is 5.66. The molecule has 0 aromatic heterocycles. The molecular weight excluding hydrogens is 184 g/mol. The second-order valence-electron chi connectivity index (χ2n) is 3.31. The molecule has 3 N–H and O–H groups in total. The first-order chi connectivity index (χ1) is 6.22. The summed E-state index contributed by atoms with van der Waals surface area (Å²) >= 11 is 0. The molecule has 2 unspecified atom stereocenters. The first-order valence-corrected chi connectivity index (χ1v) is 5.82. The first kappa shape index (κ1) is 13.1. The van der Waals surface area contributed by atoms with E-state index in [1.54, 1.807) is 14.2 Å². The molecule has 1 saturated heterocycles. The van der Waals surface area contributed by atoms with Crippen molar-refractivity contribution >= 4 is 10.0 Å². The summed E-state index contributed by atoms with van der Waals surface area (Å²) in [5.74, 6) is 0.731. The third-order valence-corrected chi connectivity index (χ3v) is 2.55. The largest absolute Gasteiger partial charge is 0.402 e. The minimum absolute atomic E-state index is 0.380. The Morgan fingerprint density at radius 1 is 1.46 bits per heavy atom. The van der Waals surface area contributed by atoms with Crippen molar-refractivity contribution in [2.24, 2.45) is 11.7 Å². The predicted molar refractivity (Wildman–Crippen MR) is 57.2 cm³/mol. The van der Waals surface area contributed by atoms with Gasteiger partial charge >= 0.3 is 10.0 Å². The van der Waals surface area contributed by atoms with Gasteiger partial charge in [0.1, 0.15) is 0 Å². The highest BCUT2D eigenvalue weighted by Crippen LogP contribution is 2.09. The number of nitrogens with two attached hydrogens (primary N) is 1. The van der Waals surface area contributed by atoms with Crippen LogP contribution in [0.15, 0.2) is 0 Å². The molecule has 0 aliphatic carbocycles. The molecule has 0 saturated carbocycles. The average Bonchev–Trinajstić information content (AvgIpc) is 2.58. The van der Waals surface area contributed by atoms with Gasteiger partial charge in [0.05, 0.1) is 0 Å². The van der Waals surface area contributed by atoms with Gasteiger partial charge in [-0.05, 0) is 32.4 Å². The number of hydrogen-bond donors (Lipinski definition) is 2. The van der Waals surface area contributed by atoms with Crippen molar-refractivity contribution in [2.75, 3.05) is 27.3 Å². The van der Waals surface area contributed by atoms with Crippen LogP contribution in [0.3, 0.4) is 0 Å². The van der Waals surface area contributed by atoms with Crippen LogP contribution in [0.2, 0.25) is 0 Å². The van der Waals surface area contributed by atoms with E-state index >= 15 is 0 Å². The van der Waals surface area contributed by atoms with Crippen LogP contribution in [0.25, 0.3) is 0 Å². The van der Waals surface area contributed by atoms with Crippen molar-refractivity contribution in [3.05, 3.63) is 0 Å². The van der Waals surface area contributed by atoms with E-state index in [1.165, 1.54) is 6.42 Å². The van der Waals surface area contributed by atoms with Crippen molar-refractivity contribution in [1.82, 2.24) is 5.32 Å². The molecular formula is C8H22N2O2Si. The van der Waals surface area contributed by atoms with E-state index in [0.717, 1.165) is 19.0 Å². The molecule has 5 heteroatoms. The quantitative estimate of drug-likeness (QED) is 0.595. The zero-order chi connectivity index (χ0) is 10.1. The summed E-state index contributed by atoms with van der Waals surface area (Å²) in [5, 5.41) is 3.27. The van der Waals surface area contributed by atoms with Crippen molar-refractivity contribution in [1.29, 1.82) is 0 Å². The Morgan fingerprint density at radius 2 is 2.08 bits per heavy atom. The van der Waals surface area contributed by atoms with Crippen LogP contribution in [-0.4, -0.2) is 43.4 Å². The van der Waals surface area contributed by atoms with Crippen LogP contribution in [0.1, 0.15) is 13.3 Å². The van der Waals surface area contributed by atoms with Gasteiger partial charge in [-0.1, -0.05) is 0 Å². The fourth-order valence-electron chi connectivity index (χ4n) is 1.24. The Hall–Kier alpha value is 0.0569. The van der Waals surface area contributed by atoms with E-state index in [4.69, 9.17) is 5.73 Å². The summed E-state index contributed by atoms with van der Waals surface area (Å²) in [7, 11) is 2.73.